The van der Waals surface area contributed by atoms with Gasteiger partial charge in [0.25, 0.3) is 0 Å². The molecule has 0 amide bonds. The number of aldehydes is 1. The number of hydrogen-bond acceptors (Lipinski definition) is 4. The second-order valence-corrected chi connectivity index (χ2v) is 1.27. The fourth-order valence-electron chi connectivity index (χ4n) is 0.365. The van der Waals surface area contributed by atoms with Gasteiger partial charge in [-0.05, 0) is 17.4 Å². The summed E-state index contributed by atoms with van der Waals surface area (Å²) in [6, 6.07) is 0. The summed E-state index contributed by atoms with van der Waals surface area (Å²) in [4.78, 5) is 9.73. The summed E-state index contributed by atoms with van der Waals surface area (Å²) >= 11 is 0. The lowest BCUT2D eigenvalue weighted by atomic mass is 10.5. The molecule has 1 aromatic rings. The highest BCUT2D eigenvalue weighted by atomic mass is 16.1. The van der Waals surface area contributed by atoms with Gasteiger partial charge in [0.15, 0.2) is 5.82 Å². The maximum Gasteiger partial charge on any atom is 0.197 e. The SMILES string of the molecule is O=C/C=C/c1nn[nH]n1. The molecule has 0 aliphatic rings. The largest absolute Gasteiger partial charge is 0.299 e. The van der Waals surface area contributed by atoms with Crippen LogP contribution in [0.2, 0.25) is 0 Å². The highest BCUT2D eigenvalue weighted by Gasteiger charge is 1.85. The maximum atomic E-state index is 9.73. The third kappa shape index (κ3) is 1.45. The lowest BCUT2D eigenvalue weighted by molar-refractivity contribution is -0.104. The maximum absolute atomic E-state index is 9.73. The minimum Gasteiger partial charge on any atom is -0.299 e. The molecule has 0 unspecified atom stereocenters. The van der Waals surface area contributed by atoms with E-state index in [-0.39, 0.29) is 0 Å². The summed E-state index contributed by atoms with van der Waals surface area (Å²) in [5.41, 5.74) is 0. The van der Waals surface area contributed by atoms with Crippen LogP contribution in [0, 0.1) is 0 Å². The van der Waals surface area contributed by atoms with E-state index in [1.165, 1.54) is 12.2 Å². The molecule has 0 aliphatic carbocycles. The Kier molecular flexibility index (Phi) is 1.69. The van der Waals surface area contributed by atoms with E-state index in [4.69, 9.17) is 0 Å². The molecular formula is C4H4N4O. The predicted molar refractivity (Wildman–Crippen MR) is 29.3 cm³/mol. The molecule has 0 atom stereocenters. The predicted octanol–water partition coefficient (Wildman–Crippen LogP) is -0.588. The van der Waals surface area contributed by atoms with Crippen LogP contribution in [0.3, 0.4) is 0 Å². The summed E-state index contributed by atoms with van der Waals surface area (Å²) in [5, 5.41) is 12.6. The fourth-order valence-corrected chi connectivity index (χ4v) is 0.365. The van der Waals surface area contributed by atoms with Crippen molar-refractivity contribution >= 4 is 12.4 Å². The first kappa shape index (κ1) is 5.61. The van der Waals surface area contributed by atoms with E-state index in [2.05, 4.69) is 20.6 Å². The summed E-state index contributed by atoms with van der Waals surface area (Å²) in [7, 11) is 0. The Labute approximate surface area is 50.8 Å². The van der Waals surface area contributed by atoms with E-state index in [0.717, 1.165) is 0 Å². The van der Waals surface area contributed by atoms with Crippen LogP contribution < -0.4 is 0 Å². The number of carbonyl (C=O) groups is 1. The van der Waals surface area contributed by atoms with Crippen LogP contribution in [0.25, 0.3) is 6.08 Å². The number of tetrazole rings is 1. The molecule has 1 N–H and O–H groups in total. The molecule has 1 aromatic heterocycles. The van der Waals surface area contributed by atoms with Crippen molar-refractivity contribution in [2.45, 2.75) is 0 Å². The molecule has 0 spiro atoms. The van der Waals surface area contributed by atoms with Crippen molar-refractivity contribution in [3.63, 3.8) is 0 Å². The van der Waals surface area contributed by atoms with Crippen molar-refractivity contribution in [1.82, 2.24) is 20.6 Å². The lowest BCUT2D eigenvalue weighted by Crippen LogP contribution is -1.73. The standard InChI is InChI=1S/C4H4N4O/c9-3-1-2-4-5-7-8-6-4/h1-3H,(H,5,6,7,8)/b2-1+. The first-order valence-electron chi connectivity index (χ1n) is 2.29. The fraction of sp³-hybridized carbons (Fsp3) is 0. The van der Waals surface area contributed by atoms with Crippen molar-refractivity contribution in [2.24, 2.45) is 0 Å². The van der Waals surface area contributed by atoms with Gasteiger partial charge >= 0.3 is 0 Å². The zero-order valence-electron chi connectivity index (χ0n) is 4.48. The van der Waals surface area contributed by atoms with Gasteiger partial charge in [0, 0.05) is 0 Å². The Hall–Kier alpha value is -1.52. The van der Waals surface area contributed by atoms with E-state index in [9.17, 15) is 4.79 Å². The molecular weight excluding hydrogens is 120 g/mol. The van der Waals surface area contributed by atoms with Gasteiger partial charge < -0.3 is 0 Å². The Balaban J connectivity index is 2.67. The highest BCUT2D eigenvalue weighted by Crippen LogP contribution is 1.83. The Morgan fingerprint density at radius 1 is 1.56 bits per heavy atom. The van der Waals surface area contributed by atoms with E-state index >= 15 is 0 Å². The first-order valence-corrected chi connectivity index (χ1v) is 2.29. The number of rotatable bonds is 2. The van der Waals surface area contributed by atoms with Crippen LogP contribution in [-0.4, -0.2) is 26.9 Å². The highest BCUT2D eigenvalue weighted by molar-refractivity contribution is 5.72. The molecule has 1 rings (SSSR count). The average Bonchev–Trinajstić information content (AvgIpc) is 2.34. The van der Waals surface area contributed by atoms with E-state index < -0.39 is 0 Å². The third-order valence-electron chi connectivity index (χ3n) is 0.686. The Bertz CT molecular complexity index is 202. The van der Waals surface area contributed by atoms with E-state index in [0.29, 0.717) is 12.1 Å². The molecule has 5 nitrogen and oxygen atoms in total. The van der Waals surface area contributed by atoms with Gasteiger partial charge in [-0.3, -0.25) is 4.79 Å². The van der Waals surface area contributed by atoms with Crippen molar-refractivity contribution in [2.75, 3.05) is 0 Å². The smallest absolute Gasteiger partial charge is 0.197 e. The van der Waals surface area contributed by atoms with Gasteiger partial charge in [-0.25, -0.2) is 0 Å². The number of carbonyl (C=O) groups excluding carboxylic acids is 1. The second kappa shape index (κ2) is 2.71. The molecule has 0 aliphatic heterocycles. The van der Waals surface area contributed by atoms with Crippen molar-refractivity contribution in [3.8, 4) is 0 Å². The van der Waals surface area contributed by atoms with Crippen LogP contribution in [0.4, 0.5) is 0 Å². The van der Waals surface area contributed by atoms with Gasteiger partial charge in [0.1, 0.15) is 6.29 Å². The van der Waals surface area contributed by atoms with E-state index in [1.54, 1.807) is 0 Å². The van der Waals surface area contributed by atoms with Crippen molar-refractivity contribution in [1.29, 1.82) is 0 Å². The van der Waals surface area contributed by atoms with Crippen LogP contribution >= 0.6 is 0 Å². The molecule has 0 radical (unpaired) electrons. The van der Waals surface area contributed by atoms with Crippen LogP contribution in [0.5, 0.6) is 0 Å². The zero-order chi connectivity index (χ0) is 6.53. The quantitative estimate of drug-likeness (QED) is 0.422. The molecule has 46 valence electrons. The molecule has 9 heavy (non-hydrogen) atoms. The molecule has 1 heterocycles. The van der Waals surface area contributed by atoms with Crippen molar-refractivity contribution in [3.05, 3.63) is 11.9 Å². The van der Waals surface area contributed by atoms with Gasteiger partial charge in [0.2, 0.25) is 0 Å². The molecule has 5 heteroatoms. The topological polar surface area (TPSA) is 71.5 Å². The lowest BCUT2D eigenvalue weighted by Gasteiger charge is -1.69. The van der Waals surface area contributed by atoms with Crippen molar-refractivity contribution < 1.29 is 4.79 Å². The number of hydrogen-bond donors (Lipinski definition) is 1. The van der Waals surface area contributed by atoms with E-state index in [1.807, 2.05) is 0 Å². The van der Waals surface area contributed by atoms with Crippen LogP contribution in [0.15, 0.2) is 6.08 Å². The summed E-state index contributed by atoms with van der Waals surface area (Å²) < 4.78 is 0. The molecule has 0 aromatic carbocycles. The number of allylic oxidation sites excluding steroid dienone is 1. The summed E-state index contributed by atoms with van der Waals surface area (Å²) in [6.07, 6.45) is 3.40. The molecule has 0 fully saturated rings. The molecule has 0 saturated heterocycles. The number of H-pyrrole nitrogens is 1. The first-order chi connectivity index (χ1) is 4.43. The van der Waals surface area contributed by atoms with Gasteiger partial charge in [0.05, 0.1) is 0 Å². The second-order valence-electron chi connectivity index (χ2n) is 1.27. The normalized spacial score (nSPS) is 10.2. The average molecular weight is 124 g/mol. The number of nitrogens with one attached hydrogen (secondary N) is 1. The minimum atomic E-state index is 0.405. The summed E-state index contributed by atoms with van der Waals surface area (Å²) in [6.45, 7) is 0. The monoisotopic (exact) mass is 124 g/mol. The Morgan fingerprint density at radius 2 is 2.44 bits per heavy atom. The Morgan fingerprint density at radius 3 is 3.00 bits per heavy atom. The van der Waals surface area contributed by atoms with Gasteiger partial charge in [-0.2, -0.15) is 5.21 Å². The van der Waals surface area contributed by atoms with Crippen LogP contribution in [0.1, 0.15) is 5.82 Å². The zero-order valence-corrected chi connectivity index (χ0v) is 4.48. The third-order valence-corrected chi connectivity index (χ3v) is 0.686. The van der Waals surface area contributed by atoms with Gasteiger partial charge in [-0.15, -0.1) is 10.2 Å². The molecule has 0 saturated carbocycles. The van der Waals surface area contributed by atoms with Gasteiger partial charge in [-0.1, -0.05) is 0 Å². The number of nitrogens with zero attached hydrogens (tertiary/aromatic N) is 3. The van der Waals surface area contributed by atoms with Crippen LogP contribution in [-0.2, 0) is 4.79 Å². The summed E-state index contributed by atoms with van der Waals surface area (Å²) in [5.74, 6) is 0.405. The number of aromatic amines is 1. The minimum absolute atomic E-state index is 0.405. The molecule has 0 bridgehead atoms. The number of aromatic nitrogens is 4.